The summed E-state index contributed by atoms with van der Waals surface area (Å²) in [6, 6.07) is 8.00. The molecule has 2 unspecified atom stereocenters. The van der Waals surface area contributed by atoms with Gasteiger partial charge in [0.2, 0.25) is 0 Å². The van der Waals surface area contributed by atoms with Gasteiger partial charge in [-0.1, -0.05) is 19.1 Å². The van der Waals surface area contributed by atoms with Crippen LogP contribution in [0.5, 0.6) is 5.75 Å². The van der Waals surface area contributed by atoms with E-state index in [2.05, 4.69) is 35.1 Å². The van der Waals surface area contributed by atoms with E-state index in [9.17, 15) is 5.11 Å². The number of fused-ring (bicyclic) bond motifs is 1. The van der Waals surface area contributed by atoms with Crippen molar-refractivity contribution >= 4 is 5.57 Å². The van der Waals surface area contributed by atoms with E-state index in [1.165, 1.54) is 17.6 Å². The first-order valence-electron chi connectivity index (χ1n) is 9.35. The summed E-state index contributed by atoms with van der Waals surface area (Å²) in [5, 5.41) is 11.0. The van der Waals surface area contributed by atoms with Gasteiger partial charge in [0.1, 0.15) is 24.4 Å². The molecular formula is C21H25N3O2. The number of hydrogen-bond acceptors (Lipinski definition) is 5. The predicted molar refractivity (Wildman–Crippen MR) is 100 cm³/mol. The van der Waals surface area contributed by atoms with Crippen molar-refractivity contribution in [1.82, 2.24) is 14.9 Å². The van der Waals surface area contributed by atoms with Crippen LogP contribution < -0.4 is 4.74 Å². The van der Waals surface area contributed by atoms with Crippen LogP contribution in [0.4, 0.5) is 0 Å². The summed E-state index contributed by atoms with van der Waals surface area (Å²) in [6.45, 7) is 3.96. The molecule has 1 aliphatic heterocycles. The number of aliphatic hydroxyl groups is 1. The maximum absolute atomic E-state index is 11.0. The van der Waals surface area contributed by atoms with Gasteiger partial charge in [0.05, 0.1) is 6.54 Å². The fraction of sp³-hybridized carbons (Fsp3) is 0.429. The maximum Gasteiger partial charge on any atom is 0.142 e. The van der Waals surface area contributed by atoms with Gasteiger partial charge in [0.25, 0.3) is 0 Å². The number of rotatable bonds is 3. The van der Waals surface area contributed by atoms with Gasteiger partial charge in [-0.3, -0.25) is 4.90 Å². The minimum atomic E-state index is -0.723. The van der Waals surface area contributed by atoms with Gasteiger partial charge in [-0.2, -0.15) is 0 Å². The van der Waals surface area contributed by atoms with Crippen molar-refractivity contribution in [3.05, 3.63) is 59.7 Å². The first kappa shape index (κ1) is 17.2. The molecule has 0 saturated heterocycles. The Morgan fingerprint density at radius 2 is 2.12 bits per heavy atom. The molecule has 0 spiro atoms. The lowest BCUT2D eigenvalue weighted by molar-refractivity contribution is -0.00379. The van der Waals surface area contributed by atoms with E-state index in [1.807, 2.05) is 11.0 Å². The highest BCUT2D eigenvalue weighted by atomic mass is 16.5. The second kappa shape index (κ2) is 7.56. The van der Waals surface area contributed by atoms with E-state index in [0.717, 1.165) is 30.1 Å². The van der Waals surface area contributed by atoms with Gasteiger partial charge in [0, 0.05) is 24.5 Å². The summed E-state index contributed by atoms with van der Waals surface area (Å²) >= 11 is 0. The lowest BCUT2D eigenvalue weighted by Gasteiger charge is -2.25. The fourth-order valence-electron chi connectivity index (χ4n) is 3.66. The standard InChI is InChI=1S/C21H25N3O2/c1-15-3-5-16(6-4-15)17-7-8-19-18(13-17)21(25)24(11-12-26-19)14-20-22-9-2-10-23-20/h2,5,7-10,13,15,21,25H,3-4,6,11-12,14H2,1H3. The second-order valence-corrected chi connectivity index (χ2v) is 7.22. The third-order valence-electron chi connectivity index (χ3n) is 5.28. The van der Waals surface area contributed by atoms with Gasteiger partial charge < -0.3 is 9.84 Å². The summed E-state index contributed by atoms with van der Waals surface area (Å²) in [5.41, 5.74) is 3.40. The molecule has 2 heterocycles. The average molecular weight is 351 g/mol. The summed E-state index contributed by atoms with van der Waals surface area (Å²) < 4.78 is 5.88. The van der Waals surface area contributed by atoms with Gasteiger partial charge >= 0.3 is 0 Å². The third kappa shape index (κ3) is 3.64. The Kier molecular flexibility index (Phi) is 5.00. The number of nitrogens with zero attached hydrogens (tertiary/aromatic N) is 3. The van der Waals surface area contributed by atoms with Crippen LogP contribution in [0.25, 0.3) is 5.57 Å². The SMILES string of the molecule is CC1CC=C(c2ccc3c(c2)C(O)N(Cc2ncccn2)CCO3)CC1. The quantitative estimate of drug-likeness (QED) is 0.916. The van der Waals surface area contributed by atoms with E-state index < -0.39 is 6.23 Å². The zero-order chi connectivity index (χ0) is 17.9. The molecule has 1 aromatic heterocycles. The van der Waals surface area contributed by atoms with Gasteiger partial charge in [-0.05, 0) is 54.5 Å². The van der Waals surface area contributed by atoms with Crippen LogP contribution in [-0.2, 0) is 6.54 Å². The van der Waals surface area contributed by atoms with Crippen LogP contribution in [0.3, 0.4) is 0 Å². The Hall–Kier alpha value is -2.24. The lowest BCUT2D eigenvalue weighted by Crippen LogP contribution is -2.30. The third-order valence-corrected chi connectivity index (χ3v) is 5.28. The van der Waals surface area contributed by atoms with Gasteiger partial charge in [0.15, 0.2) is 0 Å². The molecule has 1 N–H and O–H groups in total. The lowest BCUT2D eigenvalue weighted by atomic mass is 9.87. The molecule has 1 aliphatic carbocycles. The molecule has 4 rings (SSSR count). The minimum absolute atomic E-state index is 0.495. The molecular weight excluding hydrogens is 326 g/mol. The summed E-state index contributed by atoms with van der Waals surface area (Å²) in [7, 11) is 0. The number of benzene rings is 1. The fourth-order valence-corrected chi connectivity index (χ4v) is 3.66. The monoisotopic (exact) mass is 351 g/mol. The van der Waals surface area contributed by atoms with Crippen molar-refractivity contribution in [3.8, 4) is 5.75 Å². The van der Waals surface area contributed by atoms with Crippen LogP contribution in [0, 0.1) is 5.92 Å². The molecule has 0 bridgehead atoms. The molecule has 0 amide bonds. The number of hydrogen-bond donors (Lipinski definition) is 1. The van der Waals surface area contributed by atoms with E-state index in [4.69, 9.17) is 4.74 Å². The van der Waals surface area contributed by atoms with Crippen molar-refractivity contribution in [2.45, 2.75) is 39.0 Å². The number of allylic oxidation sites excluding steroid dienone is 2. The highest BCUT2D eigenvalue weighted by molar-refractivity contribution is 5.68. The van der Waals surface area contributed by atoms with Crippen LogP contribution in [0.1, 0.15) is 49.4 Å². The number of aromatic nitrogens is 2. The highest BCUT2D eigenvalue weighted by Gasteiger charge is 2.26. The molecule has 0 radical (unpaired) electrons. The molecule has 5 nitrogen and oxygen atoms in total. The molecule has 0 saturated carbocycles. The first-order valence-corrected chi connectivity index (χ1v) is 9.35. The van der Waals surface area contributed by atoms with Crippen LogP contribution in [-0.4, -0.2) is 33.1 Å². The largest absolute Gasteiger partial charge is 0.492 e. The Balaban J connectivity index is 1.60. The topological polar surface area (TPSA) is 58.5 Å². The Labute approximate surface area is 154 Å². The molecule has 2 atom stereocenters. The second-order valence-electron chi connectivity index (χ2n) is 7.22. The Morgan fingerprint density at radius 3 is 2.88 bits per heavy atom. The van der Waals surface area contributed by atoms with E-state index in [0.29, 0.717) is 25.5 Å². The maximum atomic E-state index is 11.0. The summed E-state index contributed by atoms with van der Waals surface area (Å²) in [5.74, 6) is 2.23. The zero-order valence-electron chi connectivity index (χ0n) is 15.1. The van der Waals surface area contributed by atoms with Crippen molar-refractivity contribution in [2.24, 2.45) is 5.92 Å². The minimum Gasteiger partial charge on any atom is -0.492 e. The van der Waals surface area contributed by atoms with E-state index in [-0.39, 0.29) is 0 Å². The Morgan fingerprint density at radius 1 is 1.27 bits per heavy atom. The van der Waals surface area contributed by atoms with E-state index in [1.54, 1.807) is 18.5 Å². The van der Waals surface area contributed by atoms with Crippen LogP contribution in [0.2, 0.25) is 0 Å². The molecule has 2 aromatic rings. The van der Waals surface area contributed by atoms with Crippen molar-refractivity contribution in [1.29, 1.82) is 0 Å². The average Bonchev–Trinajstić information content (AvgIpc) is 2.82. The van der Waals surface area contributed by atoms with Crippen LogP contribution in [0.15, 0.2) is 42.7 Å². The number of aliphatic hydroxyl groups excluding tert-OH is 1. The highest BCUT2D eigenvalue weighted by Crippen LogP contribution is 2.36. The zero-order valence-corrected chi connectivity index (χ0v) is 15.1. The summed E-state index contributed by atoms with van der Waals surface area (Å²) in [6.07, 6.45) is 8.52. The Bertz CT molecular complexity index is 791. The number of ether oxygens (including phenoxy) is 1. The molecule has 1 aromatic carbocycles. The molecule has 0 fully saturated rings. The van der Waals surface area contributed by atoms with Crippen molar-refractivity contribution < 1.29 is 9.84 Å². The van der Waals surface area contributed by atoms with E-state index >= 15 is 0 Å². The van der Waals surface area contributed by atoms with Crippen molar-refractivity contribution in [2.75, 3.05) is 13.2 Å². The molecule has 2 aliphatic rings. The van der Waals surface area contributed by atoms with Crippen LogP contribution >= 0.6 is 0 Å². The molecule has 26 heavy (non-hydrogen) atoms. The summed E-state index contributed by atoms with van der Waals surface area (Å²) in [4.78, 5) is 10.5. The first-order chi connectivity index (χ1) is 12.7. The van der Waals surface area contributed by atoms with Crippen molar-refractivity contribution in [3.63, 3.8) is 0 Å². The molecule has 136 valence electrons. The van der Waals surface area contributed by atoms with Gasteiger partial charge in [-0.25, -0.2) is 9.97 Å². The predicted octanol–water partition coefficient (Wildman–Crippen LogP) is 3.57. The normalized spacial score (nSPS) is 23.5. The smallest absolute Gasteiger partial charge is 0.142 e. The molecule has 5 heteroatoms. The van der Waals surface area contributed by atoms with Gasteiger partial charge in [-0.15, -0.1) is 0 Å².